The van der Waals surface area contributed by atoms with Crippen LogP contribution in [-0.4, -0.2) is 36.6 Å². The average molecular weight is 345 g/mol. The van der Waals surface area contributed by atoms with Crippen molar-refractivity contribution in [1.82, 2.24) is 10.5 Å². The summed E-state index contributed by atoms with van der Waals surface area (Å²) in [6, 6.07) is 6.42. The monoisotopic (exact) mass is 345 g/mol. The van der Waals surface area contributed by atoms with Crippen molar-refractivity contribution < 1.29 is 23.6 Å². The smallest absolute Gasteiger partial charge is 0.344 e. The summed E-state index contributed by atoms with van der Waals surface area (Å²) in [5, 5.41) is 8.84. The van der Waals surface area contributed by atoms with E-state index in [-0.39, 0.29) is 11.5 Å². The number of carbonyl (C=O) groups excluding carboxylic acids is 3. The molecule has 2 aromatic rings. The van der Waals surface area contributed by atoms with Crippen molar-refractivity contribution in [1.29, 1.82) is 0 Å². The van der Waals surface area contributed by atoms with Gasteiger partial charge in [0.25, 0.3) is 11.8 Å². The number of anilines is 1. The molecule has 0 aliphatic rings. The van der Waals surface area contributed by atoms with Crippen LogP contribution in [0.15, 0.2) is 28.8 Å². The normalized spacial score (nSPS) is 10.2. The largest absolute Gasteiger partial charge is 0.452 e. The summed E-state index contributed by atoms with van der Waals surface area (Å²) in [4.78, 5) is 35.6. The van der Waals surface area contributed by atoms with E-state index in [0.29, 0.717) is 29.1 Å². The number of esters is 1. The Morgan fingerprint density at radius 1 is 1.28 bits per heavy atom. The van der Waals surface area contributed by atoms with Crippen LogP contribution in [-0.2, 0) is 16.0 Å². The number of hydrogen-bond donors (Lipinski definition) is 2. The number of benzene rings is 1. The number of ether oxygens (including phenoxy) is 1. The van der Waals surface area contributed by atoms with Crippen LogP contribution in [0.4, 0.5) is 5.69 Å². The van der Waals surface area contributed by atoms with E-state index in [1.165, 1.54) is 13.1 Å². The second kappa shape index (κ2) is 8.09. The van der Waals surface area contributed by atoms with Crippen LogP contribution in [0.3, 0.4) is 0 Å². The summed E-state index contributed by atoms with van der Waals surface area (Å²) >= 11 is 0. The molecule has 0 aliphatic heterocycles. The molecule has 8 heteroatoms. The van der Waals surface area contributed by atoms with Gasteiger partial charge in [-0.05, 0) is 31.5 Å². The quantitative estimate of drug-likeness (QED) is 0.771. The molecule has 0 unspecified atom stereocenters. The molecule has 8 nitrogen and oxygen atoms in total. The van der Waals surface area contributed by atoms with Gasteiger partial charge in [0.05, 0.1) is 5.69 Å². The Labute approximate surface area is 144 Å². The van der Waals surface area contributed by atoms with E-state index in [1.807, 2.05) is 6.92 Å². The first-order chi connectivity index (χ1) is 12.0. The second-order valence-electron chi connectivity index (χ2n) is 5.20. The molecule has 25 heavy (non-hydrogen) atoms. The Kier molecular flexibility index (Phi) is 5.89. The minimum absolute atomic E-state index is 0.247. The fourth-order valence-electron chi connectivity index (χ4n) is 2.20. The van der Waals surface area contributed by atoms with Gasteiger partial charge in [0, 0.05) is 18.3 Å². The van der Waals surface area contributed by atoms with Crippen LogP contribution in [0.2, 0.25) is 0 Å². The van der Waals surface area contributed by atoms with E-state index in [0.717, 1.165) is 0 Å². The van der Waals surface area contributed by atoms with Crippen molar-refractivity contribution in [2.45, 2.75) is 20.3 Å². The highest BCUT2D eigenvalue weighted by molar-refractivity contribution is 5.98. The molecular weight excluding hydrogens is 326 g/mol. The summed E-state index contributed by atoms with van der Waals surface area (Å²) in [5.41, 5.74) is 1.57. The molecule has 2 rings (SSSR count). The summed E-state index contributed by atoms with van der Waals surface area (Å²) < 4.78 is 9.98. The lowest BCUT2D eigenvalue weighted by Gasteiger charge is -2.08. The van der Waals surface area contributed by atoms with Crippen LogP contribution in [0.5, 0.6) is 0 Å². The van der Waals surface area contributed by atoms with Gasteiger partial charge in [-0.25, -0.2) is 4.79 Å². The SMILES string of the molecule is CCc1noc(C)c1C(=O)OCC(=O)Nc1cccc(C(=O)NC)c1. The summed E-state index contributed by atoms with van der Waals surface area (Å²) in [5.74, 6) is -1.10. The third-order valence-electron chi connectivity index (χ3n) is 3.44. The highest BCUT2D eigenvalue weighted by atomic mass is 16.5. The third-order valence-corrected chi connectivity index (χ3v) is 3.44. The number of aromatic nitrogens is 1. The van der Waals surface area contributed by atoms with Gasteiger partial charge >= 0.3 is 5.97 Å². The van der Waals surface area contributed by atoms with Crippen molar-refractivity contribution in [3.63, 3.8) is 0 Å². The molecule has 0 fully saturated rings. The molecule has 1 aromatic heterocycles. The number of rotatable bonds is 6. The number of amides is 2. The first-order valence-electron chi connectivity index (χ1n) is 7.70. The maximum atomic E-state index is 12.1. The minimum Gasteiger partial charge on any atom is -0.452 e. The van der Waals surface area contributed by atoms with Crippen molar-refractivity contribution >= 4 is 23.5 Å². The Morgan fingerprint density at radius 2 is 2.04 bits per heavy atom. The van der Waals surface area contributed by atoms with Crippen LogP contribution < -0.4 is 10.6 Å². The maximum absolute atomic E-state index is 12.1. The Balaban J connectivity index is 1.96. The van der Waals surface area contributed by atoms with Crippen LogP contribution >= 0.6 is 0 Å². The minimum atomic E-state index is -0.662. The van der Waals surface area contributed by atoms with E-state index >= 15 is 0 Å². The maximum Gasteiger partial charge on any atom is 0.344 e. The Hall–Kier alpha value is -3.16. The highest BCUT2D eigenvalue weighted by Gasteiger charge is 2.21. The van der Waals surface area contributed by atoms with Gasteiger partial charge < -0.3 is 19.9 Å². The lowest BCUT2D eigenvalue weighted by atomic mass is 10.1. The Morgan fingerprint density at radius 3 is 2.72 bits per heavy atom. The van der Waals surface area contributed by atoms with Gasteiger partial charge in [-0.15, -0.1) is 0 Å². The van der Waals surface area contributed by atoms with Gasteiger partial charge in [-0.3, -0.25) is 9.59 Å². The summed E-state index contributed by atoms with van der Waals surface area (Å²) in [7, 11) is 1.52. The van der Waals surface area contributed by atoms with Crippen LogP contribution in [0.1, 0.15) is 39.1 Å². The van der Waals surface area contributed by atoms with Gasteiger partial charge in [0.1, 0.15) is 11.3 Å². The molecule has 0 aliphatic carbocycles. The van der Waals surface area contributed by atoms with Gasteiger partial charge in [0.15, 0.2) is 6.61 Å². The summed E-state index contributed by atoms with van der Waals surface area (Å²) in [6.07, 6.45) is 0.514. The van der Waals surface area contributed by atoms with Crippen molar-refractivity contribution in [3.05, 3.63) is 46.8 Å². The zero-order chi connectivity index (χ0) is 18.4. The number of nitrogens with zero attached hydrogens (tertiary/aromatic N) is 1. The number of hydrogen-bond acceptors (Lipinski definition) is 6. The molecule has 0 saturated carbocycles. The van der Waals surface area contributed by atoms with Gasteiger partial charge in [0.2, 0.25) is 0 Å². The van der Waals surface area contributed by atoms with E-state index in [9.17, 15) is 14.4 Å². The molecule has 2 N–H and O–H groups in total. The van der Waals surface area contributed by atoms with Crippen molar-refractivity contribution in [2.24, 2.45) is 0 Å². The van der Waals surface area contributed by atoms with E-state index < -0.39 is 18.5 Å². The van der Waals surface area contributed by atoms with Crippen LogP contribution in [0.25, 0.3) is 0 Å². The third kappa shape index (κ3) is 4.43. The first-order valence-corrected chi connectivity index (χ1v) is 7.70. The molecule has 0 bridgehead atoms. The number of nitrogens with one attached hydrogen (secondary N) is 2. The molecule has 0 radical (unpaired) electrons. The number of aryl methyl sites for hydroxylation is 2. The topological polar surface area (TPSA) is 111 Å². The molecule has 2 amide bonds. The molecule has 1 heterocycles. The highest BCUT2D eigenvalue weighted by Crippen LogP contribution is 2.15. The van der Waals surface area contributed by atoms with Crippen molar-refractivity contribution in [3.8, 4) is 0 Å². The molecule has 0 atom stereocenters. The Bertz CT molecular complexity index is 797. The van der Waals surface area contributed by atoms with Gasteiger partial charge in [-0.2, -0.15) is 0 Å². The molecule has 0 spiro atoms. The molecule has 132 valence electrons. The number of carbonyl (C=O) groups is 3. The first kappa shape index (κ1) is 18.2. The fourth-order valence-corrected chi connectivity index (χ4v) is 2.20. The zero-order valence-corrected chi connectivity index (χ0v) is 14.2. The average Bonchev–Trinajstić information content (AvgIpc) is 3.00. The van der Waals surface area contributed by atoms with Gasteiger partial charge in [-0.1, -0.05) is 18.1 Å². The van der Waals surface area contributed by atoms with E-state index in [2.05, 4.69) is 15.8 Å². The predicted octanol–water partition coefficient (Wildman–Crippen LogP) is 1.70. The lowest BCUT2D eigenvalue weighted by molar-refractivity contribution is -0.119. The van der Waals surface area contributed by atoms with Crippen molar-refractivity contribution in [2.75, 3.05) is 19.0 Å². The zero-order valence-electron chi connectivity index (χ0n) is 14.2. The van der Waals surface area contributed by atoms with Crippen LogP contribution in [0, 0.1) is 6.92 Å². The van der Waals surface area contributed by atoms with E-state index in [4.69, 9.17) is 9.26 Å². The lowest BCUT2D eigenvalue weighted by Crippen LogP contribution is -2.22. The fraction of sp³-hybridized carbons (Fsp3) is 0.294. The summed E-state index contributed by atoms with van der Waals surface area (Å²) in [6.45, 7) is 2.98. The molecular formula is C17H19N3O5. The second-order valence-corrected chi connectivity index (χ2v) is 5.20. The molecule has 0 saturated heterocycles. The standard InChI is InChI=1S/C17H19N3O5/c1-4-13-15(10(2)25-20-13)17(23)24-9-14(21)19-12-7-5-6-11(8-12)16(22)18-3/h5-8H,4,9H2,1-3H3,(H,18,22)(H,19,21). The molecule has 1 aromatic carbocycles. The predicted molar refractivity (Wildman–Crippen MR) is 89.4 cm³/mol. The van der Waals surface area contributed by atoms with E-state index in [1.54, 1.807) is 25.1 Å².